The molecule has 0 unspecified atom stereocenters. The largest absolute Gasteiger partial charge is 0.311 e. The molecular weight excluding hydrogens is 646 g/mol. The smallest absolute Gasteiger partial charge is 0.0462 e. The van der Waals surface area contributed by atoms with Crippen LogP contribution < -0.4 is 4.90 Å². The number of halogens is 1. The number of hydrogen-bond donors (Lipinski definition) is 0. The maximum absolute atomic E-state index is 3.62. The lowest BCUT2D eigenvalue weighted by Gasteiger charge is -2.26. The van der Waals surface area contributed by atoms with Crippen molar-refractivity contribution >= 4 is 43.8 Å². The molecule has 0 atom stereocenters. The summed E-state index contributed by atoms with van der Waals surface area (Å²) in [7, 11) is 0. The summed E-state index contributed by atoms with van der Waals surface area (Å²) in [6.45, 7) is 0. The molecule has 48 heavy (non-hydrogen) atoms. The molecule has 0 fully saturated rings. The normalized spacial score (nSPS) is 11.0. The standard InChI is InChI=1S/C46H32BrN/c47-41-24-30-44(31-25-41)48(42-26-20-36(21-27-42)40-19-16-34-10-4-5-11-39(34)32-40)43-28-22-38(23-29-43)46-13-7-6-12-45(46)37-17-14-35(15-18-37)33-8-2-1-3-9-33/h1-32H. The molecule has 0 radical (unpaired) electrons. The van der Waals surface area contributed by atoms with Crippen LogP contribution in [0, 0.1) is 0 Å². The lowest BCUT2D eigenvalue weighted by Crippen LogP contribution is -2.09. The first-order valence-corrected chi connectivity index (χ1v) is 17.0. The van der Waals surface area contributed by atoms with Gasteiger partial charge in [0.1, 0.15) is 0 Å². The third-order valence-electron chi connectivity index (χ3n) is 8.96. The summed E-state index contributed by atoms with van der Waals surface area (Å²) < 4.78 is 1.06. The molecule has 0 N–H and O–H groups in total. The molecule has 8 aromatic rings. The number of hydrogen-bond acceptors (Lipinski definition) is 1. The molecule has 228 valence electrons. The van der Waals surface area contributed by atoms with E-state index in [4.69, 9.17) is 0 Å². The Labute approximate surface area is 290 Å². The molecule has 0 aliphatic rings. The van der Waals surface area contributed by atoms with Gasteiger partial charge in [-0.3, -0.25) is 0 Å². The summed E-state index contributed by atoms with van der Waals surface area (Å²) in [6.07, 6.45) is 0. The molecule has 0 heterocycles. The highest BCUT2D eigenvalue weighted by atomic mass is 79.9. The molecule has 8 aromatic carbocycles. The molecule has 0 aromatic heterocycles. The van der Waals surface area contributed by atoms with E-state index in [2.05, 4.69) is 215 Å². The van der Waals surface area contributed by atoms with Gasteiger partial charge < -0.3 is 4.90 Å². The molecule has 0 spiro atoms. The van der Waals surface area contributed by atoms with Gasteiger partial charge in [-0.05, 0) is 110 Å². The first kappa shape index (κ1) is 29.7. The van der Waals surface area contributed by atoms with Crippen molar-refractivity contribution in [2.75, 3.05) is 4.90 Å². The van der Waals surface area contributed by atoms with Crippen molar-refractivity contribution in [1.29, 1.82) is 0 Å². The van der Waals surface area contributed by atoms with Gasteiger partial charge >= 0.3 is 0 Å². The minimum absolute atomic E-state index is 1.06. The summed E-state index contributed by atoms with van der Waals surface area (Å²) in [5.41, 5.74) is 13.0. The first-order valence-electron chi connectivity index (χ1n) is 16.2. The van der Waals surface area contributed by atoms with Crippen molar-refractivity contribution in [2.24, 2.45) is 0 Å². The second-order valence-corrected chi connectivity index (χ2v) is 12.9. The Morgan fingerprint density at radius 1 is 0.292 bits per heavy atom. The quantitative estimate of drug-likeness (QED) is 0.162. The number of fused-ring (bicyclic) bond motifs is 1. The topological polar surface area (TPSA) is 3.24 Å². The van der Waals surface area contributed by atoms with Gasteiger partial charge in [-0.2, -0.15) is 0 Å². The van der Waals surface area contributed by atoms with Crippen molar-refractivity contribution in [3.8, 4) is 44.5 Å². The minimum atomic E-state index is 1.06. The number of benzene rings is 8. The second kappa shape index (κ2) is 13.2. The van der Waals surface area contributed by atoms with E-state index in [1.165, 1.54) is 55.3 Å². The van der Waals surface area contributed by atoms with E-state index in [1.807, 2.05) is 0 Å². The van der Waals surface area contributed by atoms with Crippen molar-refractivity contribution in [3.05, 3.63) is 199 Å². The van der Waals surface area contributed by atoms with Gasteiger partial charge in [0.05, 0.1) is 0 Å². The van der Waals surface area contributed by atoms with Crippen LogP contribution in [0.3, 0.4) is 0 Å². The summed E-state index contributed by atoms with van der Waals surface area (Å²) >= 11 is 3.62. The van der Waals surface area contributed by atoms with Gasteiger partial charge in [0.25, 0.3) is 0 Å². The highest BCUT2D eigenvalue weighted by Gasteiger charge is 2.14. The zero-order chi connectivity index (χ0) is 32.3. The lowest BCUT2D eigenvalue weighted by atomic mass is 9.93. The Kier molecular flexibility index (Phi) is 8.16. The fraction of sp³-hybridized carbons (Fsp3) is 0. The molecular formula is C46H32BrN. The van der Waals surface area contributed by atoms with E-state index in [0.29, 0.717) is 0 Å². The minimum Gasteiger partial charge on any atom is -0.311 e. The Balaban J connectivity index is 1.12. The maximum atomic E-state index is 3.62. The van der Waals surface area contributed by atoms with Gasteiger partial charge in [0, 0.05) is 21.5 Å². The first-order chi connectivity index (χ1) is 23.7. The average molecular weight is 679 g/mol. The van der Waals surface area contributed by atoms with Crippen molar-refractivity contribution in [2.45, 2.75) is 0 Å². The third kappa shape index (κ3) is 6.07. The predicted molar refractivity (Wildman–Crippen MR) is 208 cm³/mol. The number of rotatable bonds is 7. The van der Waals surface area contributed by atoms with Crippen LogP contribution in [0.15, 0.2) is 199 Å². The summed E-state index contributed by atoms with van der Waals surface area (Å²) in [6, 6.07) is 69.6. The Hall–Kier alpha value is -5.70. The van der Waals surface area contributed by atoms with E-state index >= 15 is 0 Å². The van der Waals surface area contributed by atoms with Crippen LogP contribution in [0.2, 0.25) is 0 Å². The highest BCUT2D eigenvalue weighted by molar-refractivity contribution is 9.10. The molecule has 2 heteroatoms. The molecule has 1 nitrogen and oxygen atoms in total. The number of nitrogens with zero attached hydrogens (tertiary/aromatic N) is 1. The predicted octanol–water partition coefficient (Wildman–Crippen LogP) is 13.7. The van der Waals surface area contributed by atoms with E-state index in [-0.39, 0.29) is 0 Å². The third-order valence-corrected chi connectivity index (χ3v) is 9.49. The van der Waals surface area contributed by atoms with E-state index in [1.54, 1.807) is 0 Å². The molecule has 0 aliphatic heterocycles. The molecule has 0 saturated carbocycles. The van der Waals surface area contributed by atoms with Gasteiger partial charge in [0.2, 0.25) is 0 Å². The Bertz CT molecular complexity index is 2310. The van der Waals surface area contributed by atoms with Crippen LogP contribution in [0.25, 0.3) is 55.3 Å². The summed E-state index contributed by atoms with van der Waals surface area (Å²) in [5, 5.41) is 2.51. The molecule has 0 amide bonds. The van der Waals surface area contributed by atoms with Crippen molar-refractivity contribution < 1.29 is 0 Å². The monoisotopic (exact) mass is 677 g/mol. The van der Waals surface area contributed by atoms with Crippen LogP contribution in [0.4, 0.5) is 17.1 Å². The molecule has 0 saturated heterocycles. The van der Waals surface area contributed by atoms with E-state index < -0.39 is 0 Å². The lowest BCUT2D eigenvalue weighted by molar-refractivity contribution is 1.28. The fourth-order valence-corrected chi connectivity index (χ4v) is 6.72. The van der Waals surface area contributed by atoms with Gasteiger partial charge in [0.15, 0.2) is 0 Å². The summed E-state index contributed by atoms with van der Waals surface area (Å²) in [4.78, 5) is 2.31. The van der Waals surface area contributed by atoms with Crippen LogP contribution in [0.1, 0.15) is 0 Å². The summed E-state index contributed by atoms with van der Waals surface area (Å²) in [5.74, 6) is 0. The van der Waals surface area contributed by atoms with Gasteiger partial charge in [-0.1, -0.05) is 155 Å². The fourth-order valence-electron chi connectivity index (χ4n) is 6.46. The van der Waals surface area contributed by atoms with Crippen molar-refractivity contribution in [1.82, 2.24) is 0 Å². The number of anilines is 3. The zero-order valence-electron chi connectivity index (χ0n) is 26.3. The second-order valence-electron chi connectivity index (χ2n) is 12.0. The van der Waals surface area contributed by atoms with Crippen LogP contribution in [0.5, 0.6) is 0 Å². The Morgan fingerprint density at radius 2 is 0.688 bits per heavy atom. The van der Waals surface area contributed by atoms with Gasteiger partial charge in [-0.25, -0.2) is 0 Å². The molecule has 8 rings (SSSR count). The van der Waals surface area contributed by atoms with Crippen LogP contribution in [-0.4, -0.2) is 0 Å². The zero-order valence-corrected chi connectivity index (χ0v) is 27.9. The van der Waals surface area contributed by atoms with E-state index in [9.17, 15) is 0 Å². The Morgan fingerprint density at radius 3 is 1.29 bits per heavy atom. The van der Waals surface area contributed by atoms with E-state index in [0.717, 1.165) is 21.5 Å². The van der Waals surface area contributed by atoms with Crippen molar-refractivity contribution in [3.63, 3.8) is 0 Å². The molecule has 0 aliphatic carbocycles. The van der Waals surface area contributed by atoms with Gasteiger partial charge in [-0.15, -0.1) is 0 Å². The average Bonchev–Trinajstić information content (AvgIpc) is 3.16. The maximum Gasteiger partial charge on any atom is 0.0462 e. The molecule has 0 bridgehead atoms. The van der Waals surface area contributed by atoms with Crippen LogP contribution in [-0.2, 0) is 0 Å². The highest BCUT2D eigenvalue weighted by Crippen LogP contribution is 2.39. The SMILES string of the molecule is Brc1ccc(N(c2ccc(-c3ccc4ccccc4c3)cc2)c2ccc(-c3ccccc3-c3ccc(-c4ccccc4)cc3)cc2)cc1. The van der Waals surface area contributed by atoms with Crippen LogP contribution >= 0.6 is 15.9 Å².